The van der Waals surface area contributed by atoms with E-state index in [0.717, 1.165) is 38.6 Å². The summed E-state index contributed by atoms with van der Waals surface area (Å²) in [6.45, 7) is 16.0. The lowest BCUT2D eigenvalue weighted by Gasteiger charge is -2.34. The standard InChI is InChI=1S/C17H33NO3Si/c1-7-17(12-10-13-18(17)21-22(5)6)15(19)20-14-9-8-11-16(2,3)4/h7,22H,1,8-14H2,2-6H3. The molecule has 1 atom stereocenters. The molecule has 5 heteroatoms. The fourth-order valence-corrected chi connectivity index (χ4v) is 3.56. The van der Waals surface area contributed by atoms with E-state index in [4.69, 9.17) is 9.26 Å². The summed E-state index contributed by atoms with van der Waals surface area (Å²) in [5.41, 5.74) is -0.439. The van der Waals surface area contributed by atoms with Crippen LogP contribution in [0.25, 0.3) is 0 Å². The Hall–Kier alpha value is -0.653. The van der Waals surface area contributed by atoms with E-state index in [1.807, 2.05) is 5.06 Å². The summed E-state index contributed by atoms with van der Waals surface area (Å²) in [6, 6.07) is 0. The molecule has 1 unspecified atom stereocenters. The fourth-order valence-electron chi connectivity index (χ4n) is 2.76. The molecule has 0 radical (unpaired) electrons. The van der Waals surface area contributed by atoms with Gasteiger partial charge >= 0.3 is 5.97 Å². The average Bonchev–Trinajstić information content (AvgIpc) is 2.80. The molecular weight excluding hydrogens is 294 g/mol. The predicted octanol–water partition coefficient (Wildman–Crippen LogP) is 3.68. The molecule has 22 heavy (non-hydrogen) atoms. The van der Waals surface area contributed by atoms with E-state index in [1.165, 1.54) is 0 Å². The largest absolute Gasteiger partial charge is 0.464 e. The molecule has 0 aliphatic carbocycles. The first-order valence-corrected chi connectivity index (χ1v) is 11.2. The van der Waals surface area contributed by atoms with Gasteiger partial charge in [-0.15, -0.1) is 6.58 Å². The molecule has 0 bridgehead atoms. The fraction of sp³-hybridized carbons (Fsp3) is 0.824. The van der Waals surface area contributed by atoms with Crippen LogP contribution >= 0.6 is 0 Å². The number of esters is 1. The second-order valence-electron chi connectivity index (χ2n) is 7.64. The Morgan fingerprint density at radius 3 is 2.59 bits per heavy atom. The van der Waals surface area contributed by atoms with Crippen LogP contribution in [0.2, 0.25) is 13.1 Å². The Bertz CT molecular complexity index is 379. The summed E-state index contributed by atoms with van der Waals surface area (Å²) in [5.74, 6) is -0.203. The summed E-state index contributed by atoms with van der Waals surface area (Å²) in [4.78, 5) is 12.6. The van der Waals surface area contributed by atoms with Gasteiger partial charge in [-0.05, 0) is 50.6 Å². The molecule has 0 aromatic carbocycles. The van der Waals surface area contributed by atoms with Crippen molar-refractivity contribution in [2.75, 3.05) is 13.2 Å². The van der Waals surface area contributed by atoms with Crippen molar-refractivity contribution < 1.29 is 14.1 Å². The highest BCUT2D eigenvalue weighted by molar-refractivity contribution is 6.48. The van der Waals surface area contributed by atoms with Crippen LogP contribution in [0, 0.1) is 5.41 Å². The highest BCUT2D eigenvalue weighted by Crippen LogP contribution is 2.32. The molecule has 1 heterocycles. The van der Waals surface area contributed by atoms with Crippen molar-refractivity contribution in [2.45, 2.75) is 71.5 Å². The minimum Gasteiger partial charge on any atom is -0.464 e. The number of carbonyl (C=O) groups is 1. The van der Waals surface area contributed by atoms with Gasteiger partial charge in [-0.25, -0.2) is 4.79 Å². The highest BCUT2D eigenvalue weighted by Gasteiger charge is 2.47. The molecule has 0 amide bonds. The summed E-state index contributed by atoms with van der Waals surface area (Å²) in [7, 11) is -1.25. The number of hydrogen-bond acceptors (Lipinski definition) is 4. The van der Waals surface area contributed by atoms with Gasteiger partial charge in [-0.3, -0.25) is 0 Å². The van der Waals surface area contributed by atoms with Gasteiger partial charge in [-0.1, -0.05) is 26.8 Å². The van der Waals surface area contributed by atoms with E-state index >= 15 is 0 Å². The predicted molar refractivity (Wildman–Crippen MR) is 93.1 cm³/mol. The second-order valence-corrected chi connectivity index (χ2v) is 9.95. The molecule has 1 aliphatic heterocycles. The normalized spacial score (nSPS) is 23.0. The zero-order chi connectivity index (χ0) is 16.8. The van der Waals surface area contributed by atoms with Crippen molar-refractivity contribution in [3.63, 3.8) is 0 Å². The third-order valence-corrected chi connectivity index (χ3v) is 4.62. The van der Waals surface area contributed by atoms with Crippen molar-refractivity contribution >= 4 is 15.0 Å². The van der Waals surface area contributed by atoms with Crippen LogP contribution in [0.1, 0.15) is 52.9 Å². The Kier molecular flexibility index (Phi) is 7.29. The molecule has 0 aromatic heterocycles. The monoisotopic (exact) mass is 327 g/mol. The molecule has 0 saturated carbocycles. The van der Waals surface area contributed by atoms with Crippen molar-refractivity contribution in [3.05, 3.63) is 12.7 Å². The molecule has 1 fully saturated rings. The van der Waals surface area contributed by atoms with Gasteiger partial charge in [0.1, 0.15) is 0 Å². The van der Waals surface area contributed by atoms with E-state index < -0.39 is 14.6 Å². The summed E-state index contributed by atoms with van der Waals surface area (Å²) >= 11 is 0. The highest BCUT2D eigenvalue weighted by atomic mass is 28.3. The maximum atomic E-state index is 12.6. The Labute approximate surface area is 137 Å². The van der Waals surface area contributed by atoms with Crippen molar-refractivity contribution in [2.24, 2.45) is 5.41 Å². The lowest BCUT2D eigenvalue weighted by Crippen LogP contribution is -2.51. The molecule has 1 aliphatic rings. The van der Waals surface area contributed by atoms with Crippen LogP contribution in [0.4, 0.5) is 0 Å². The van der Waals surface area contributed by atoms with Crippen LogP contribution in [0.15, 0.2) is 12.7 Å². The van der Waals surface area contributed by atoms with E-state index in [-0.39, 0.29) is 5.97 Å². The van der Waals surface area contributed by atoms with E-state index in [1.54, 1.807) is 6.08 Å². The number of rotatable bonds is 8. The van der Waals surface area contributed by atoms with E-state index in [2.05, 4.69) is 40.4 Å². The first-order chi connectivity index (χ1) is 10.2. The summed E-state index contributed by atoms with van der Waals surface area (Å²) in [5, 5.41) is 1.81. The van der Waals surface area contributed by atoms with Gasteiger partial charge in [0.15, 0.2) is 14.6 Å². The zero-order valence-electron chi connectivity index (χ0n) is 15.0. The summed E-state index contributed by atoms with van der Waals surface area (Å²) < 4.78 is 11.4. The lowest BCUT2D eigenvalue weighted by atomic mass is 9.90. The van der Waals surface area contributed by atoms with Crippen LogP contribution in [-0.4, -0.2) is 38.8 Å². The smallest absolute Gasteiger partial charge is 0.332 e. The number of carbonyl (C=O) groups excluding carboxylic acids is 1. The van der Waals surface area contributed by atoms with E-state index in [9.17, 15) is 4.79 Å². The molecule has 1 rings (SSSR count). The maximum absolute atomic E-state index is 12.6. The molecule has 0 N–H and O–H groups in total. The third-order valence-electron chi connectivity index (χ3n) is 3.95. The van der Waals surface area contributed by atoms with Gasteiger partial charge in [0.05, 0.1) is 6.61 Å². The number of hydroxylamine groups is 2. The molecule has 4 nitrogen and oxygen atoms in total. The topological polar surface area (TPSA) is 38.8 Å². The van der Waals surface area contributed by atoms with Gasteiger partial charge in [0, 0.05) is 6.54 Å². The maximum Gasteiger partial charge on any atom is 0.332 e. The summed E-state index contributed by atoms with van der Waals surface area (Å²) in [6.07, 6.45) is 6.51. The van der Waals surface area contributed by atoms with Crippen LogP contribution in [-0.2, 0) is 14.1 Å². The molecule has 1 saturated heterocycles. The zero-order valence-corrected chi connectivity index (χ0v) is 16.1. The van der Waals surface area contributed by atoms with Crippen molar-refractivity contribution in [3.8, 4) is 0 Å². The van der Waals surface area contributed by atoms with Gasteiger partial charge in [0.25, 0.3) is 0 Å². The minimum absolute atomic E-state index is 0.203. The minimum atomic E-state index is -1.25. The van der Waals surface area contributed by atoms with Crippen molar-refractivity contribution in [1.82, 2.24) is 5.06 Å². The quantitative estimate of drug-likeness (QED) is 0.295. The SMILES string of the molecule is C=CC1(C(=O)OCCCCC(C)(C)C)CCCN1O[SiH](C)C. The second kappa shape index (κ2) is 8.27. The molecular formula is C17H33NO3Si. The Morgan fingerprint density at radius 1 is 1.36 bits per heavy atom. The lowest BCUT2D eigenvalue weighted by molar-refractivity contribution is -0.173. The van der Waals surface area contributed by atoms with Gasteiger partial charge in [-0.2, -0.15) is 5.06 Å². The number of nitrogens with zero attached hydrogens (tertiary/aromatic N) is 1. The van der Waals surface area contributed by atoms with Gasteiger partial charge in [0.2, 0.25) is 0 Å². The molecule has 0 aromatic rings. The van der Waals surface area contributed by atoms with Crippen LogP contribution < -0.4 is 0 Å². The first kappa shape index (κ1) is 19.4. The van der Waals surface area contributed by atoms with Crippen molar-refractivity contribution in [1.29, 1.82) is 0 Å². The average molecular weight is 328 g/mol. The number of unbranched alkanes of at least 4 members (excludes halogenated alkanes) is 1. The molecule has 128 valence electrons. The van der Waals surface area contributed by atoms with Crippen LogP contribution in [0.3, 0.4) is 0 Å². The first-order valence-electron chi connectivity index (χ1n) is 8.46. The Morgan fingerprint density at radius 2 is 2.05 bits per heavy atom. The van der Waals surface area contributed by atoms with Gasteiger partial charge < -0.3 is 9.26 Å². The third kappa shape index (κ3) is 5.52. The molecule has 0 spiro atoms. The number of ether oxygens (including phenoxy) is 1. The Balaban J connectivity index is 2.48. The number of hydrogen-bond donors (Lipinski definition) is 0. The van der Waals surface area contributed by atoms with E-state index in [0.29, 0.717) is 12.0 Å². The van der Waals surface area contributed by atoms with Crippen LogP contribution in [0.5, 0.6) is 0 Å².